The first-order valence-electron chi connectivity index (χ1n) is 5.45. The quantitative estimate of drug-likeness (QED) is 0.635. The third-order valence-electron chi connectivity index (χ3n) is 2.80. The smallest absolute Gasteiger partial charge is 0.0850 e. The van der Waals surface area contributed by atoms with Crippen molar-refractivity contribution in [2.75, 3.05) is 0 Å². The number of hydrogen-bond donors (Lipinski definition) is 0. The molecular weight excluding hydrogens is 274 g/mol. The lowest BCUT2D eigenvalue weighted by molar-refractivity contribution is 1.40. The summed E-state index contributed by atoms with van der Waals surface area (Å²) < 4.78 is 1.03. The van der Waals surface area contributed by atoms with Gasteiger partial charge in [-0.15, -0.1) is 0 Å². The predicted molar refractivity (Wildman–Crippen MR) is 74.0 cm³/mol. The van der Waals surface area contributed by atoms with Gasteiger partial charge >= 0.3 is 0 Å². The Kier molecular flexibility index (Phi) is 2.65. The number of rotatable bonds is 1. The Labute approximate surface area is 109 Å². The molecule has 0 atom stereocenters. The summed E-state index contributed by atoms with van der Waals surface area (Å²) in [4.78, 5) is 4.49. The van der Waals surface area contributed by atoms with E-state index in [4.69, 9.17) is 0 Å². The van der Waals surface area contributed by atoms with Crippen LogP contribution in [0.5, 0.6) is 0 Å². The molecule has 0 N–H and O–H groups in total. The Morgan fingerprint density at radius 3 is 2.29 bits per heavy atom. The van der Waals surface area contributed by atoms with Crippen LogP contribution in [0.1, 0.15) is 0 Å². The maximum Gasteiger partial charge on any atom is 0.0850 e. The lowest BCUT2D eigenvalue weighted by Crippen LogP contribution is -1.76. The van der Waals surface area contributed by atoms with Gasteiger partial charge in [0.05, 0.1) is 5.69 Å². The van der Waals surface area contributed by atoms with Gasteiger partial charge in [-0.3, -0.25) is 4.98 Å². The molecule has 0 bridgehead atoms. The Hall–Kier alpha value is -1.67. The molecule has 17 heavy (non-hydrogen) atoms. The Balaban J connectivity index is 2.24. The normalized spacial score (nSPS) is 10.6. The van der Waals surface area contributed by atoms with E-state index in [1.54, 1.807) is 0 Å². The minimum atomic E-state index is 1.01. The van der Waals surface area contributed by atoms with Gasteiger partial charge in [-0.25, -0.2) is 0 Å². The maximum absolute atomic E-state index is 4.49. The third-order valence-corrected chi connectivity index (χ3v) is 3.44. The molecule has 0 aromatic heterocycles. The Morgan fingerprint density at radius 1 is 0.765 bits per heavy atom. The molecule has 0 unspecified atom stereocenters. The fourth-order valence-corrected chi connectivity index (χ4v) is 2.44. The molecule has 82 valence electrons. The molecule has 1 aliphatic heterocycles. The SMILES string of the molecule is Brc1ccccc2c(-c3ccccc3)cnc1-2. The second kappa shape index (κ2) is 4.30. The summed E-state index contributed by atoms with van der Waals surface area (Å²) in [7, 11) is 0. The molecule has 0 fully saturated rings. The molecule has 1 aliphatic carbocycles. The van der Waals surface area contributed by atoms with Gasteiger partial charge in [0.15, 0.2) is 0 Å². The minimum absolute atomic E-state index is 1.01. The van der Waals surface area contributed by atoms with Crippen molar-refractivity contribution in [3.63, 3.8) is 0 Å². The Bertz CT molecular complexity index is 619. The van der Waals surface area contributed by atoms with Crippen LogP contribution < -0.4 is 0 Å². The lowest BCUT2D eigenvalue weighted by Gasteiger charge is -2.00. The molecule has 0 amide bonds. The first-order valence-corrected chi connectivity index (χ1v) is 6.24. The third kappa shape index (κ3) is 1.85. The maximum atomic E-state index is 4.49. The van der Waals surface area contributed by atoms with Gasteiger partial charge in [0.1, 0.15) is 0 Å². The zero-order chi connectivity index (χ0) is 11.7. The van der Waals surface area contributed by atoms with E-state index in [9.17, 15) is 0 Å². The summed E-state index contributed by atoms with van der Waals surface area (Å²) in [5.41, 5.74) is 4.56. The molecule has 1 aromatic carbocycles. The standard InChI is InChI=1S/C15H10BrN/c16-14-9-5-4-8-12-13(10-17-15(12)14)11-6-2-1-3-7-11/h1-10H. The van der Waals surface area contributed by atoms with Crippen LogP contribution in [0.4, 0.5) is 0 Å². The predicted octanol–water partition coefficient (Wildman–Crippen LogP) is 4.62. The number of halogens is 1. The first-order chi connectivity index (χ1) is 8.36. The van der Waals surface area contributed by atoms with Crippen LogP contribution in [-0.4, -0.2) is 4.98 Å². The largest absolute Gasteiger partial charge is 0.254 e. The first kappa shape index (κ1) is 10.5. The van der Waals surface area contributed by atoms with Crippen molar-refractivity contribution in [1.82, 2.24) is 4.98 Å². The molecule has 0 spiro atoms. The van der Waals surface area contributed by atoms with E-state index in [1.165, 1.54) is 16.7 Å². The monoisotopic (exact) mass is 283 g/mol. The molecule has 2 heteroatoms. The van der Waals surface area contributed by atoms with Crippen LogP contribution in [0.25, 0.3) is 22.4 Å². The molecule has 1 aromatic rings. The highest BCUT2D eigenvalue weighted by molar-refractivity contribution is 9.10. The summed E-state index contributed by atoms with van der Waals surface area (Å²) >= 11 is 3.55. The second-order valence-corrected chi connectivity index (χ2v) is 4.72. The molecule has 0 saturated heterocycles. The van der Waals surface area contributed by atoms with Crippen molar-refractivity contribution < 1.29 is 0 Å². The molecule has 0 saturated carbocycles. The highest BCUT2D eigenvalue weighted by atomic mass is 79.9. The van der Waals surface area contributed by atoms with Crippen LogP contribution in [0.15, 0.2) is 65.3 Å². The van der Waals surface area contributed by atoms with Crippen LogP contribution in [-0.2, 0) is 0 Å². The zero-order valence-electron chi connectivity index (χ0n) is 9.10. The van der Waals surface area contributed by atoms with E-state index in [1.807, 2.05) is 42.6 Å². The van der Waals surface area contributed by atoms with Crippen LogP contribution in [0.2, 0.25) is 0 Å². The molecule has 3 rings (SSSR count). The van der Waals surface area contributed by atoms with Crippen molar-refractivity contribution in [2.24, 2.45) is 0 Å². The van der Waals surface area contributed by atoms with Gasteiger partial charge in [-0.05, 0) is 27.6 Å². The van der Waals surface area contributed by atoms with Gasteiger partial charge in [0.2, 0.25) is 0 Å². The summed E-state index contributed by atoms with van der Waals surface area (Å²) in [5, 5.41) is 0. The highest BCUT2D eigenvalue weighted by Crippen LogP contribution is 2.36. The summed E-state index contributed by atoms with van der Waals surface area (Å²) in [6.07, 6.45) is 1.94. The molecule has 0 radical (unpaired) electrons. The fraction of sp³-hybridized carbons (Fsp3) is 0. The summed E-state index contributed by atoms with van der Waals surface area (Å²) in [6.45, 7) is 0. The molecule has 2 aliphatic rings. The van der Waals surface area contributed by atoms with Crippen molar-refractivity contribution in [1.29, 1.82) is 0 Å². The molecule has 1 heterocycles. The van der Waals surface area contributed by atoms with Gasteiger partial charge in [-0.1, -0.05) is 48.5 Å². The van der Waals surface area contributed by atoms with E-state index in [0.29, 0.717) is 0 Å². The molecule has 1 nitrogen and oxygen atoms in total. The minimum Gasteiger partial charge on any atom is -0.254 e. The lowest BCUT2D eigenvalue weighted by atomic mass is 10.0. The Morgan fingerprint density at radius 2 is 1.47 bits per heavy atom. The summed E-state index contributed by atoms with van der Waals surface area (Å²) in [6, 6.07) is 18.5. The number of fused-ring (bicyclic) bond motifs is 1. The van der Waals surface area contributed by atoms with Crippen LogP contribution in [0.3, 0.4) is 0 Å². The van der Waals surface area contributed by atoms with Crippen molar-refractivity contribution in [3.05, 3.63) is 65.3 Å². The van der Waals surface area contributed by atoms with Crippen LogP contribution in [0, 0.1) is 0 Å². The van der Waals surface area contributed by atoms with E-state index in [0.717, 1.165) is 10.2 Å². The fourth-order valence-electron chi connectivity index (χ4n) is 1.97. The van der Waals surface area contributed by atoms with E-state index in [-0.39, 0.29) is 0 Å². The van der Waals surface area contributed by atoms with Crippen molar-refractivity contribution in [2.45, 2.75) is 0 Å². The number of nitrogens with zero attached hydrogens (tertiary/aromatic N) is 1. The van der Waals surface area contributed by atoms with Gasteiger partial charge in [0.25, 0.3) is 0 Å². The number of hydrogen-bond acceptors (Lipinski definition) is 1. The highest BCUT2D eigenvalue weighted by Gasteiger charge is 2.13. The van der Waals surface area contributed by atoms with Crippen molar-refractivity contribution >= 4 is 15.9 Å². The van der Waals surface area contributed by atoms with Gasteiger partial charge in [-0.2, -0.15) is 0 Å². The number of aromatic nitrogens is 1. The van der Waals surface area contributed by atoms with E-state index in [2.05, 4.69) is 39.1 Å². The van der Waals surface area contributed by atoms with E-state index >= 15 is 0 Å². The van der Waals surface area contributed by atoms with E-state index < -0.39 is 0 Å². The number of benzene rings is 1. The van der Waals surface area contributed by atoms with Crippen LogP contribution >= 0.6 is 15.9 Å². The summed E-state index contributed by atoms with van der Waals surface area (Å²) in [5.74, 6) is 0. The average Bonchev–Trinajstić information content (AvgIpc) is 2.71. The van der Waals surface area contributed by atoms with Gasteiger partial charge in [0, 0.05) is 21.8 Å². The topological polar surface area (TPSA) is 12.9 Å². The average molecular weight is 284 g/mol. The van der Waals surface area contributed by atoms with Gasteiger partial charge < -0.3 is 0 Å². The van der Waals surface area contributed by atoms with Crippen molar-refractivity contribution in [3.8, 4) is 22.4 Å². The molecular formula is C15H10BrN. The zero-order valence-corrected chi connectivity index (χ0v) is 10.7. The second-order valence-electron chi connectivity index (χ2n) is 3.87.